The highest BCUT2D eigenvalue weighted by molar-refractivity contribution is 5.40. The van der Waals surface area contributed by atoms with Crippen molar-refractivity contribution < 1.29 is 9.84 Å². The Hall–Kier alpha value is -2.69. The normalized spacial score (nSPS) is 17.8. The molecule has 0 bridgehead atoms. The minimum Gasteiger partial charge on any atom is -0.487 e. The van der Waals surface area contributed by atoms with Crippen LogP contribution in [0.1, 0.15) is 34.7 Å². The van der Waals surface area contributed by atoms with Crippen molar-refractivity contribution in [2.24, 2.45) is 5.92 Å². The van der Waals surface area contributed by atoms with Crippen LogP contribution >= 0.6 is 0 Å². The molecule has 0 radical (unpaired) electrons. The highest BCUT2D eigenvalue weighted by Crippen LogP contribution is 2.52. The van der Waals surface area contributed by atoms with Gasteiger partial charge in [0.2, 0.25) is 0 Å². The molecule has 2 atom stereocenters. The Balaban J connectivity index is 1.48. The van der Waals surface area contributed by atoms with Crippen molar-refractivity contribution in [3.05, 3.63) is 95.3 Å². The first kappa shape index (κ1) is 19.6. The summed E-state index contributed by atoms with van der Waals surface area (Å²) in [6, 6.07) is 23.1. The van der Waals surface area contributed by atoms with Crippen LogP contribution in [-0.4, -0.2) is 23.2 Å². The van der Waals surface area contributed by atoms with Gasteiger partial charge < -0.3 is 15.2 Å². The second kappa shape index (κ2) is 9.68. The average molecular weight is 389 g/mol. The lowest BCUT2D eigenvalue weighted by molar-refractivity contribution is 0.291. The first-order chi connectivity index (χ1) is 14.3. The Kier molecular flexibility index (Phi) is 6.55. The summed E-state index contributed by atoms with van der Waals surface area (Å²) >= 11 is 0. The van der Waals surface area contributed by atoms with E-state index in [1.54, 1.807) is 0 Å². The molecule has 1 aromatic heterocycles. The van der Waals surface area contributed by atoms with Crippen LogP contribution in [0.15, 0.2) is 72.9 Å². The monoisotopic (exact) mass is 388 g/mol. The van der Waals surface area contributed by atoms with E-state index in [0.29, 0.717) is 31.5 Å². The number of nitrogens with zero attached hydrogens (tertiary/aromatic N) is 1. The van der Waals surface area contributed by atoms with Crippen LogP contribution in [-0.2, 0) is 19.6 Å². The molecule has 4 nitrogen and oxygen atoms in total. The largest absolute Gasteiger partial charge is 0.487 e. The van der Waals surface area contributed by atoms with Crippen molar-refractivity contribution >= 4 is 0 Å². The number of benzene rings is 2. The number of hydrogen-bond acceptors (Lipinski definition) is 4. The summed E-state index contributed by atoms with van der Waals surface area (Å²) < 4.78 is 6.18. The van der Waals surface area contributed by atoms with Crippen LogP contribution in [0, 0.1) is 5.92 Å². The van der Waals surface area contributed by atoms with Crippen molar-refractivity contribution in [2.45, 2.75) is 31.9 Å². The van der Waals surface area contributed by atoms with E-state index < -0.39 is 0 Å². The first-order valence-electron chi connectivity index (χ1n) is 10.3. The van der Waals surface area contributed by atoms with Crippen LogP contribution in [0.3, 0.4) is 0 Å². The molecule has 0 amide bonds. The molecule has 0 saturated heterocycles. The van der Waals surface area contributed by atoms with Gasteiger partial charge >= 0.3 is 0 Å². The highest BCUT2D eigenvalue weighted by Gasteiger charge is 2.40. The van der Waals surface area contributed by atoms with Gasteiger partial charge in [0.1, 0.15) is 12.4 Å². The zero-order valence-corrected chi connectivity index (χ0v) is 16.6. The highest BCUT2D eigenvalue weighted by atomic mass is 16.5. The third kappa shape index (κ3) is 5.43. The van der Waals surface area contributed by atoms with Crippen molar-refractivity contribution in [2.75, 3.05) is 13.2 Å². The maximum absolute atomic E-state index is 8.99. The van der Waals surface area contributed by atoms with Gasteiger partial charge in [-0.15, -0.1) is 0 Å². The van der Waals surface area contributed by atoms with E-state index in [9.17, 15) is 0 Å². The Morgan fingerprint density at radius 3 is 2.45 bits per heavy atom. The zero-order valence-electron chi connectivity index (χ0n) is 16.6. The molecule has 4 rings (SSSR count). The maximum Gasteiger partial charge on any atom is 0.141 e. The molecule has 1 aliphatic rings. The second-order valence-corrected chi connectivity index (χ2v) is 7.68. The van der Waals surface area contributed by atoms with Crippen molar-refractivity contribution in [3.63, 3.8) is 0 Å². The van der Waals surface area contributed by atoms with Crippen molar-refractivity contribution in [3.8, 4) is 5.75 Å². The van der Waals surface area contributed by atoms with Gasteiger partial charge in [-0.25, -0.2) is 0 Å². The summed E-state index contributed by atoms with van der Waals surface area (Å²) in [6.07, 6.45) is 4.15. The summed E-state index contributed by atoms with van der Waals surface area (Å²) in [5.41, 5.74) is 4.80. The van der Waals surface area contributed by atoms with Gasteiger partial charge in [-0.05, 0) is 41.9 Å². The average Bonchev–Trinajstić information content (AvgIpc) is 3.53. The van der Waals surface area contributed by atoms with E-state index in [1.165, 1.54) is 17.5 Å². The molecule has 1 unspecified atom stereocenters. The number of aliphatic hydroxyl groups excluding tert-OH is 1. The van der Waals surface area contributed by atoms with E-state index in [4.69, 9.17) is 9.84 Å². The molecular formula is C25H28N2O2. The van der Waals surface area contributed by atoms with Gasteiger partial charge in [0.05, 0.1) is 18.5 Å². The van der Waals surface area contributed by atoms with E-state index in [2.05, 4.69) is 58.8 Å². The number of nitrogens with one attached hydrogen (secondary N) is 1. The molecule has 1 heterocycles. The van der Waals surface area contributed by atoms with Crippen LogP contribution in [0.2, 0.25) is 0 Å². The minimum absolute atomic E-state index is 0.132. The number of pyridine rings is 1. The van der Waals surface area contributed by atoms with Gasteiger partial charge in [-0.1, -0.05) is 60.7 Å². The van der Waals surface area contributed by atoms with Crippen molar-refractivity contribution in [1.29, 1.82) is 0 Å². The van der Waals surface area contributed by atoms with Gasteiger partial charge in [-0.3, -0.25) is 4.98 Å². The fourth-order valence-corrected chi connectivity index (χ4v) is 3.81. The quantitative estimate of drug-likeness (QED) is 0.514. The van der Waals surface area contributed by atoms with Gasteiger partial charge in [0.25, 0.3) is 0 Å². The smallest absolute Gasteiger partial charge is 0.141 e. The number of ether oxygens (including phenoxy) is 1. The Morgan fingerprint density at radius 2 is 1.72 bits per heavy atom. The zero-order chi connectivity index (χ0) is 19.9. The topological polar surface area (TPSA) is 54.4 Å². The lowest BCUT2D eigenvalue weighted by atomic mass is 10.0. The van der Waals surface area contributed by atoms with Crippen LogP contribution in [0.4, 0.5) is 0 Å². The third-order valence-electron chi connectivity index (χ3n) is 5.45. The number of hydrogen-bond donors (Lipinski definition) is 2. The molecule has 2 aromatic carbocycles. The number of rotatable bonds is 10. The molecular weight excluding hydrogens is 360 g/mol. The molecule has 4 heteroatoms. The van der Waals surface area contributed by atoms with Crippen LogP contribution in [0.25, 0.3) is 0 Å². The molecule has 150 valence electrons. The summed E-state index contributed by atoms with van der Waals surface area (Å²) in [6.45, 7) is 1.91. The predicted molar refractivity (Wildman–Crippen MR) is 115 cm³/mol. The van der Waals surface area contributed by atoms with Gasteiger partial charge in [0, 0.05) is 18.7 Å². The van der Waals surface area contributed by atoms with Crippen LogP contribution in [0.5, 0.6) is 5.75 Å². The number of aliphatic hydroxyl groups is 1. The fraction of sp³-hybridized carbons (Fsp3) is 0.320. The van der Waals surface area contributed by atoms with Gasteiger partial charge in [0.15, 0.2) is 0 Å². The molecule has 0 spiro atoms. The Bertz CT molecular complexity index is 899. The fourth-order valence-electron chi connectivity index (χ4n) is 3.81. The molecule has 1 aliphatic carbocycles. The standard InChI is InChI=1S/C25H28N2O2/c28-12-11-26-16-22-15-24(23-14-21(23)13-19-7-3-1-4-8-19)25(17-27-22)29-18-20-9-5-2-6-10-20/h1-10,15,17,21,23,26,28H,11-14,16,18H2/t21-,23?/m1/s1. The Morgan fingerprint density at radius 1 is 1.00 bits per heavy atom. The van der Waals surface area contributed by atoms with Crippen LogP contribution < -0.4 is 10.1 Å². The first-order valence-corrected chi connectivity index (χ1v) is 10.3. The van der Waals surface area contributed by atoms with E-state index in [0.717, 1.165) is 23.4 Å². The summed E-state index contributed by atoms with van der Waals surface area (Å²) in [5.74, 6) is 2.05. The molecule has 0 aliphatic heterocycles. The third-order valence-corrected chi connectivity index (χ3v) is 5.45. The van der Waals surface area contributed by atoms with Gasteiger partial charge in [-0.2, -0.15) is 0 Å². The lowest BCUT2D eigenvalue weighted by Gasteiger charge is -2.13. The SMILES string of the molecule is OCCNCc1cc(C2C[C@H]2Cc2ccccc2)c(OCc2ccccc2)cn1. The van der Waals surface area contributed by atoms with E-state index in [-0.39, 0.29) is 6.61 Å². The van der Waals surface area contributed by atoms with Crippen molar-refractivity contribution in [1.82, 2.24) is 10.3 Å². The molecule has 2 N–H and O–H groups in total. The summed E-state index contributed by atoms with van der Waals surface area (Å²) in [4.78, 5) is 4.57. The predicted octanol–water partition coefficient (Wildman–Crippen LogP) is 4.09. The maximum atomic E-state index is 8.99. The minimum atomic E-state index is 0.132. The molecule has 1 fully saturated rings. The van der Waals surface area contributed by atoms with E-state index >= 15 is 0 Å². The Labute approximate surface area is 172 Å². The molecule has 3 aromatic rings. The van der Waals surface area contributed by atoms with E-state index in [1.807, 2.05) is 24.4 Å². The molecule has 1 saturated carbocycles. The summed E-state index contributed by atoms with van der Waals surface area (Å²) in [5, 5.41) is 12.2. The number of aromatic nitrogens is 1. The lowest BCUT2D eigenvalue weighted by Crippen LogP contribution is -2.18. The second-order valence-electron chi connectivity index (χ2n) is 7.68. The summed E-state index contributed by atoms with van der Waals surface area (Å²) in [7, 11) is 0. The molecule has 29 heavy (non-hydrogen) atoms.